The number of hydrogen-bond acceptors (Lipinski definition) is 3. The molecule has 0 atom stereocenters. The number of halogens is 1. The van der Waals surface area contributed by atoms with E-state index in [1.54, 1.807) is 18.2 Å². The van der Waals surface area contributed by atoms with Crippen LogP contribution in [0.5, 0.6) is 0 Å². The van der Waals surface area contributed by atoms with Crippen LogP contribution in [0.25, 0.3) is 0 Å². The van der Waals surface area contributed by atoms with Crippen LogP contribution in [0.2, 0.25) is 0 Å². The van der Waals surface area contributed by atoms with Crippen LogP contribution in [0.15, 0.2) is 29.6 Å². The third-order valence-corrected chi connectivity index (χ3v) is 3.26. The highest BCUT2D eigenvalue weighted by molar-refractivity contribution is 7.13. The predicted octanol–water partition coefficient (Wildman–Crippen LogP) is 4.37. The molecule has 0 spiro atoms. The SMILES string of the molecule is CCCCc1csc(Nc2ccccc2F)n1. The van der Waals surface area contributed by atoms with E-state index in [4.69, 9.17) is 0 Å². The first kappa shape index (κ1) is 12.0. The van der Waals surface area contributed by atoms with Crippen molar-refractivity contribution in [2.24, 2.45) is 0 Å². The van der Waals surface area contributed by atoms with Crippen LogP contribution in [0.4, 0.5) is 15.2 Å². The summed E-state index contributed by atoms with van der Waals surface area (Å²) in [5.41, 5.74) is 1.56. The molecule has 1 aromatic heterocycles. The van der Waals surface area contributed by atoms with Gasteiger partial charge in [-0.25, -0.2) is 9.37 Å². The van der Waals surface area contributed by atoms with Crippen LogP contribution in [0.1, 0.15) is 25.5 Å². The van der Waals surface area contributed by atoms with Crippen molar-refractivity contribution < 1.29 is 4.39 Å². The van der Waals surface area contributed by atoms with E-state index >= 15 is 0 Å². The molecule has 0 bridgehead atoms. The lowest BCUT2D eigenvalue weighted by molar-refractivity contribution is 0.632. The Morgan fingerprint density at radius 2 is 2.18 bits per heavy atom. The van der Waals surface area contributed by atoms with E-state index in [9.17, 15) is 4.39 Å². The highest BCUT2D eigenvalue weighted by Crippen LogP contribution is 2.23. The lowest BCUT2D eigenvalue weighted by Gasteiger charge is -2.02. The molecule has 0 fully saturated rings. The molecule has 0 aliphatic rings. The molecule has 1 N–H and O–H groups in total. The predicted molar refractivity (Wildman–Crippen MR) is 70.4 cm³/mol. The van der Waals surface area contributed by atoms with Gasteiger partial charge in [0.05, 0.1) is 11.4 Å². The topological polar surface area (TPSA) is 24.9 Å². The Kier molecular flexibility index (Phi) is 4.09. The smallest absolute Gasteiger partial charge is 0.187 e. The van der Waals surface area contributed by atoms with Crippen molar-refractivity contribution in [2.75, 3.05) is 5.32 Å². The summed E-state index contributed by atoms with van der Waals surface area (Å²) in [6, 6.07) is 6.63. The van der Waals surface area contributed by atoms with Crippen molar-refractivity contribution in [2.45, 2.75) is 26.2 Å². The molecular formula is C13H15FN2S. The molecule has 17 heavy (non-hydrogen) atoms. The van der Waals surface area contributed by atoms with Gasteiger partial charge in [-0.15, -0.1) is 11.3 Å². The Bertz CT molecular complexity index is 482. The van der Waals surface area contributed by atoms with Gasteiger partial charge in [0.25, 0.3) is 0 Å². The van der Waals surface area contributed by atoms with E-state index in [0.29, 0.717) is 5.69 Å². The number of benzene rings is 1. The number of anilines is 2. The summed E-state index contributed by atoms with van der Waals surface area (Å²) in [5.74, 6) is -0.252. The van der Waals surface area contributed by atoms with Crippen LogP contribution in [-0.4, -0.2) is 4.98 Å². The normalized spacial score (nSPS) is 10.5. The third-order valence-electron chi connectivity index (χ3n) is 2.45. The second-order valence-electron chi connectivity index (χ2n) is 3.85. The van der Waals surface area contributed by atoms with E-state index in [2.05, 4.69) is 17.2 Å². The fraction of sp³-hybridized carbons (Fsp3) is 0.308. The standard InChI is InChI=1S/C13H15FN2S/c1-2-3-6-10-9-17-13(15-10)16-12-8-5-4-7-11(12)14/h4-5,7-9H,2-3,6H2,1H3,(H,15,16). The van der Waals surface area contributed by atoms with E-state index in [1.165, 1.54) is 17.4 Å². The molecule has 0 saturated heterocycles. The summed E-state index contributed by atoms with van der Waals surface area (Å²) in [5, 5.41) is 5.78. The van der Waals surface area contributed by atoms with Gasteiger partial charge in [0.2, 0.25) is 0 Å². The summed E-state index contributed by atoms with van der Waals surface area (Å²) < 4.78 is 13.4. The zero-order chi connectivity index (χ0) is 12.1. The van der Waals surface area contributed by atoms with Gasteiger partial charge < -0.3 is 5.32 Å². The van der Waals surface area contributed by atoms with Gasteiger partial charge in [0, 0.05) is 5.38 Å². The van der Waals surface area contributed by atoms with Gasteiger partial charge in [-0.3, -0.25) is 0 Å². The van der Waals surface area contributed by atoms with E-state index in [1.807, 2.05) is 5.38 Å². The van der Waals surface area contributed by atoms with Gasteiger partial charge in [0.15, 0.2) is 5.13 Å². The van der Waals surface area contributed by atoms with Crippen molar-refractivity contribution in [3.05, 3.63) is 41.2 Å². The van der Waals surface area contributed by atoms with Crippen molar-refractivity contribution in [3.8, 4) is 0 Å². The minimum Gasteiger partial charge on any atom is -0.329 e. The molecule has 0 amide bonds. The Hall–Kier alpha value is -1.42. The monoisotopic (exact) mass is 250 g/mol. The molecular weight excluding hydrogens is 235 g/mol. The molecule has 0 aliphatic heterocycles. The van der Waals surface area contributed by atoms with Gasteiger partial charge >= 0.3 is 0 Å². The first-order valence-corrected chi connectivity index (χ1v) is 6.63. The largest absolute Gasteiger partial charge is 0.329 e. The van der Waals surface area contributed by atoms with Gasteiger partial charge in [-0.05, 0) is 25.0 Å². The first-order valence-electron chi connectivity index (χ1n) is 5.75. The van der Waals surface area contributed by atoms with Crippen molar-refractivity contribution in [1.82, 2.24) is 4.98 Å². The number of aromatic nitrogens is 1. The Labute approximate surface area is 105 Å². The maximum absolute atomic E-state index is 13.4. The summed E-state index contributed by atoms with van der Waals surface area (Å²) in [7, 11) is 0. The average molecular weight is 250 g/mol. The first-order chi connectivity index (χ1) is 8.29. The molecule has 1 aromatic carbocycles. The number of nitrogens with zero attached hydrogens (tertiary/aromatic N) is 1. The second-order valence-corrected chi connectivity index (χ2v) is 4.71. The number of thiazole rings is 1. The lowest BCUT2D eigenvalue weighted by Crippen LogP contribution is -1.93. The van der Waals surface area contributed by atoms with Crippen LogP contribution in [0.3, 0.4) is 0 Å². The average Bonchev–Trinajstić information content (AvgIpc) is 2.77. The lowest BCUT2D eigenvalue weighted by atomic mass is 10.2. The van der Waals surface area contributed by atoms with Gasteiger partial charge in [-0.2, -0.15) is 0 Å². The summed E-state index contributed by atoms with van der Waals surface area (Å²) in [6.45, 7) is 2.16. The number of rotatable bonds is 5. The van der Waals surface area contributed by atoms with Crippen molar-refractivity contribution in [3.63, 3.8) is 0 Å². The number of nitrogens with one attached hydrogen (secondary N) is 1. The van der Waals surface area contributed by atoms with Crippen LogP contribution in [0, 0.1) is 5.82 Å². The molecule has 0 saturated carbocycles. The third kappa shape index (κ3) is 3.27. The molecule has 2 nitrogen and oxygen atoms in total. The number of aryl methyl sites for hydroxylation is 1. The van der Waals surface area contributed by atoms with E-state index in [-0.39, 0.29) is 5.82 Å². The fourth-order valence-corrected chi connectivity index (χ4v) is 2.27. The van der Waals surface area contributed by atoms with Crippen LogP contribution >= 0.6 is 11.3 Å². The minimum atomic E-state index is -0.252. The summed E-state index contributed by atoms with van der Waals surface area (Å²) in [4.78, 5) is 4.42. The Morgan fingerprint density at radius 3 is 2.94 bits per heavy atom. The fourth-order valence-electron chi connectivity index (χ4n) is 1.51. The molecule has 0 aliphatic carbocycles. The van der Waals surface area contributed by atoms with Crippen molar-refractivity contribution in [1.29, 1.82) is 0 Å². The maximum atomic E-state index is 13.4. The zero-order valence-electron chi connectivity index (χ0n) is 9.74. The van der Waals surface area contributed by atoms with Gasteiger partial charge in [-0.1, -0.05) is 25.5 Å². The molecule has 1 heterocycles. The number of para-hydroxylation sites is 1. The Balaban J connectivity index is 2.04. The van der Waals surface area contributed by atoms with Crippen LogP contribution in [-0.2, 0) is 6.42 Å². The summed E-state index contributed by atoms with van der Waals surface area (Å²) >= 11 is 1.51. The molecule has 4 heteroatoms. The summed E-state index contributed by atoms with van der Waals surface area (Å²) in [6.07, 6.45) is 3.29. The van der Waals surface area contributed by atoms with Crippen LogP contribution < -0.4 is 5.32 Å². The van der Waals surface area contributed by atoms with Gasteiger partial charge in [0.1, 0.15) is 5.82 Å². The number of hydrogen-bond donors (Lipinski definition) is 1. The molecule has 0 unspecified atom stereocenters. The second kappa shape index (κ2) is 5.77. The number of unbranched alkanes of at least 4 members (excludes halogenated alkanes) is 1. The van der Waals surface area contributed by atoms with E-state index in [0.717, 1.165) is 30.1 Å². The zero-order valence-corrected chi connectivity index (χ0v) is 10.6. The Morgan fingerprint density at radius 1 is 1.35 bits per heavy atom. The minimum absolute atomic E-state index is 0.252. The maximum Gasteiger partial charge on any atom is 0.187 e. The highest BCUT2D eigenvalue weighted by Gasteiger charge is 2.04. The highest BCUT2D eigenvalue weighted by atomic mass is 32.1. The van der Waals surface area contributed by atoms with E-state index < -0.39 is 0 Å². The molecule has 2 rings (SSSR count). The van der Waals surface area contributed by atoms with Crippen molar-refractivity contribution >= 4 is 22.2 Å². The molecule has 0 radical (unpaired) electrons. The molecule has 2 aromatic rings. The quantitative estimate of drug-likeness (QED) is 0.852. The molecule has 90 valence electrons.